The van der Waals surface area contributed by atoms with Crippen LogP contribution in [0.1, 0.15) is 53.9 Å². The lowest BCUT2D eigenvalue weighted by Crippen LogP contribution is -2.70. The van der Waals surface area contributed by atoms with Gasteiger partial charge < -0.3 is 14.6 Å². The summed E-state index contributed by atoms with van der Waals surface area (Å²) in [5.41, 5.74) is -6.24. The van der Waals surface area contributed by atoms with E-state index < -0.39 is 63.9 Å². The van der Waals surface area contributed by atoms with Crippen LogP contribution in [-0.4, -0.2) is 52.1 Å². The zero-order valence-electron chi connectivity index (χ0n) is 18.9. The Morgan fingerprint density at radius 1 is 1.22 bits per heavy atom. The number of halogens is 3. The fraction of sp³-hybridized carbons (Fsp3) is 0.750. The van der Waals surface area contributed by atoms with Crippen LogP contribution in [0.5, 0.6) is 0 Å². The molecule has 1 heterocycles. The third-order valence-corrected chi connectivity index (χ3v) is 9.61. The SMILES string of the molecule is CC(=O)[C@@]12OC(C)(C)O[C@@H]1C[C@H]1[C@@H]3C[C@H](F)C4=C(Cl)C(=O)C=C[C@]4(C)[C@@]3(F)[C@@H](O)C[C@@]12C. The summed E-state index contributed by atoms with van der Waals surface area (Å²) in [4.78, 5) is 25.2. The van der Waals surface area contributed by atoms with Gasteiger partial charge in [0, 0.05) is 16.7 Å². The second-order valence-electron chi connectivity index (χ2n) is 11.1. The van der Waals surface area contributed by atoms with E-state index in [0.29, 0.717) is 6.42 Å². The van der Waals surface area contributed by atoms with Gasteiger partial charge in [-0.1, -0.05) is 24.6 Å². The molecule has 9 atom stereocenters. The molecule has 1 N–H and O–H groups in total. The molecule has 1 aliphatic heterocycles. The molecule has 0 aromatic rings. The topological polar surface area (TPSA) is 72.8 Å². The summed E-state index contributed by atoms with van der Waals surface area (Å²) in [6.07, 6.45) is -1.23. The molecule has 8 heteroatoms. The molecule has 0 amide bonds. The fourth-order valence-electron chi connectivity index (χ4n) is 8.04. The molecule has 0 aromatic heterocycles. The van der Waals surface area contributed by atoms with Crippen LogP contribution in [0, 0.1) is 22.7 Å². The van der Waals surface area contributed by atoms with Gasteiger partial charge >= 0.3 is 0 Å². The molecule has 0 aromatic carbocycles. The highest BCUT2D eigenvalue weighted by Gasteiger charge is 2.80. The summed E-state index contributed by atoms with van der Waals surface area (Å²) in [6.45, 7) is 8.24. The van der Waals surface area contributed by atoms with Gasteiger partial charge in [0.25, 0.3) is 0 Å². The van der Waals surface area contributed by atoms with Crippen LogP contribution in [-0.2, 0) is 19.1 Å². The van der Waals surface area contributed by atoms with E-state index in [2.05, 4.69) is 0 Å². The number of ketones is 2. The van der Waals surface area contributed by atoms with E-state index in [1.807, 2.05) is 6.92 Å². The number of ether oxygens (including phenoxy) is 2. The Kier molecular flexibility index (Phi) is 4.45. The largest absolute Gasteiger partial charge is 0.390 e. The normalized spacial score (nSPS) is 53.5. The van der Waals surface area contributed by atoms with E-state index in [9.17, 15) is 14.7 Å². The van der Waals surface area contributed by atoms with E-state index >= 15 is 8.78 Å². The molecule has 176 valence electrons. The van der Waals surface area contributed by atoms with E-state index in [0.717, 1.165) is 6.08 Å². The second-order valence-corrected chi connectivity index (χ2v) is 11.5. The van der Waals surface area contributed by atoms with Crippen molar-refractivity contribution in [2.24, 2.45) is 22.7 Å². The van der Waals surface area contributed by atoms with Gasteiger partial charge in [0.2, 0.25) is 0 Å². The Hall–Kier alpha value is -1.15. The molecule has 5 nitrogen and oxygen atoms in total. The predicted molar refractivity (Wildman–Crippen MR) is 112 cm³/mol. The number of Topliss-reactive ketones (excluding diaryl/α,β-unsaturated/α-hetero) is 1. The number of aliphatic hydroxyl groups excluding tert-OH is 1. The lowest BCUT2D eigenvalue weighted by atomic mass is 9.44. The standard InChI is InChI=1S/C24H29ClF2O5/c1-11(28)24-17(31-20(2,3)32-24)9-12-13-8-14(26)18-19(25)15(29)6-7-21(18,4)23(13,27)16(30)10-22(12,24)5/h6-7,12-14,16-17,30H,8-10H2,1-5H3/t12-,13-,14-,16-,17+,21-,22-,23-,24+/m0/s1. The number of fused-ring (bicyclic) bond motifs is 7. The third kappa shape index (κ3) is 2.29. The Morgan fingerprint density at radius 2 is 1.88 bits per heavy atom. The maximum atomic E-state index is 17.2. The zero-order valence-corrected chi connectivity index (χ0v) is 19.6. The minimum absolute atomic E-state index is 0.0561. The summed E-state index contributed by atoms with van der Waals surface area (Å²) in [5.74, 6) is -3.19. The number of allylic oxidation sites excluding steroid dienone is 4. The lowest BCUT2D eigenvalue weighted by Gasteiger charge is -2.63. The van der Waals surface area contributed by atoms with Crippen molar-refractivity contribution in [3.05, 3.63) is 22.8 Å². The summed E-state index contributed by atoms with van der Waals surface area (Å²) in [5, 5.41) is 11.1. The van der Waals surface area contributed by atoms with Crippen molar-refractivity contribution < 1.29 is 33.0 Å². The maximum absolute atomic E-state index is 17.2. The van der Waals surface area contributed by atoms with Crippen LogP contribution in [0.15, 0.2) is 22.8 Å². The zero-order chi connectivity index (χ0) is 23.6. The number of alkyl halides is 2. The Morgan fingerprint density at radius 3 is 2.50 bits per heavy atom. The number of carbonyl (C=O) groups excluding carboxylic acids is 2. The Bertz CT molecular complexity index is 993. The van der Waals surface area contributed by atoms with E-state index in [-0.39, 0.29) is 29.2 Å². The van der Waals surface area contributed by atoms with Gasteiger partial charge in [-0.2, -0.15) is 0 Å². The van der Waals surface area contributed by atoms with Crippen LogP contribution in [0.2, 0.25) is 0 Å². The van der Waals surface area contributed by atoms with Crippen LogP contribution in [0.3, 0.4) is 0 Å². The number of hydrogen-bond acceptors (Lipinski definition) is 5. The maximum Gasteiger partial charge on any atom is 0.196 e. The molecule has 4 aliphatic carbocycles. The third-order valence-electron chi connectivity index (χ3n) is 9.22. The highest BCUT2D eigenvalue weighted by Crippen LogP contribution is 2.72. The molecular formula is C24H29ClF2O5. The Balaban J connectivity index is 1.68. The van der Waals surface area contributed by atoms with Gasteiger partial charge in [0.15, 0.2) is 28.6 Å². The second kappa shape index (κ2) is 6.29. The van der Waals surface area contributed by atoms with Crippen molar-refractivity contribution in [2.75, 3.05) is 0 Å². The number of rotatable bonds is 1. The van der Waals surface area contributed by atoms with Gasteiger partial charge in [0.1, 0.15) is 6.17 Å². The molecule has 0 bridgehead atoms. The average Bonchev–Trinajstić information content (AvgIpc) is 3.08. The minimum atomic E-state index is -2.27. The van der Waals surface area contributed by atoms with E-state index in [1.165, 1.54) is 19.9 Å². The predicted octanol–water partition coefficient (Wildman–Crippen LogP) is 3.96. The first-order valence-corrected chi connectivity index (χ1v) is 11.6. The summed E-state index contributed by atoms with van der Waals surface area (Å²) in [6, 6.07) is 0. The van der Waals surface area contributed by atoms with Crippen molar-refractivity contribution in [2.45, 2.75) is 89.3 Å². The molecule has 0 radical (unpaired) electrons. The molecule has 32 heavy (non-hydrogen) atoms. The van der Waals surface area contributed by atoms with Crippen molar-refractivity contribution >= 4 is 23.2 Å². The molecule has 0 unspecified atom stereocenters. The fourth-order valence-corrected chi connectivity index (χ4v) is 8.42. The van der Waals surface area contributed by atoms with Crippen molar-refractivity contribution in [3.8, 4) is 0 Å². The Labute approximate surface area is 191 Å². The van der Waals surface area contributed by atoms with Gasteiger partial charge in [0.05, 0.1) is 17.2 Å². The first-order chi connectivity index (χ1) is 14.7. The van der Waals surface area contributed by atoms with Gasteiger partial charge in [-0.05, 0) is 64.5 Å². The smallest absolute Gasteiger partial charge is 0.196 e. The molecule has 0 spiro atoms. The van der Waals surface area contributed by atoms with Crippen LogP contribution in [0.25, 0.3) is 0 Å². The van der Waals surface area contributed by atoms with Gasteiger partial charge in [-0.25, -0.2) is 8.78 Å². The van der Waals surface area contributed by atoms with Crippen molar-refractivity contribution in [1.29, 1.82) is 0 Å². The van der Waals surface area contributed by atoms with Crippen molar-refractivity contribution in [1.82, 2.24) is 0 Å². The van der Waals surface area contributed by atoms with Crippen molar-refractivity contribution in [3.63, 3.8) is 0 Å². The number of carbonyl (C=O) groups is 2. The first-order valence-electron chi connectivity index (χ1n) is 11.2. The minimum Gasteiger partial charge on any atom is -0.390 e. The average molecular weight is 471 g/mol. The van der Waals surface area contributed by atoms with Gasteiger partial charge in [-0.3, -0.25) is 9.59 Å². The highest BCUT2D eigenvalue weighted by molar-refractivity contribution is 6.45. The molecule has 3 saturated carbocycles. The van der Waals surface area contributed by atoms with Gasteiger partial charge in [-0.15, -0.1) is 0 Å². The summed E-state index contributed by atoms with van der Waals surface area (Å²) >= 11 is 6.18. The van der Waals surface area contributed by atoms with Crippen LogP contribution < -0.4 is 0 Å². The molecule has 4 fully saturated rings. The van der Waals surface area contributed by atoms with E-state index in [4.69, 9.17) is 21.1 Å². The first kappa shape index (κ1) is 22.6. The summed E-state index contributed by atoms with van der Waals surface area (Å²) in [7, 11) is 0. The van der Waals surface area contributed by atoms with Crippen LogP contribution >= 0.6 is 11.6 Å². The monoisotopic (exact) mass is 470 g/mol. The highest BCUT2D eigenvalue weighted by atomic mass is 35.5. The molecule has 5 rings (SSSR count). The lowest BCUT2D eigenvalue weighted by molar-refractivity contribution is -0.248. The number of aliphatic hydroxyl groups is 1. The molecule has 5 aliphatic rings. The van der Waals surface area contributed by atoms with E-state index in [1.54, 1.807) is 13.8 Å². The quantitative estimate of drug-likeness (QED) is 0.628. The number of hydrogen-bond donors (Lipinski definition) is 1. The molecular weight excluding hydrogens is 442 g/mol. The van der Waals surface area contributed by atoms with Crippen LogP contribution in [0.4, 0.5) is 8.78 Å². The summed E-state index contributed by atoms with van der Waals surface area (Å²) < 4.78 is 45.2. The molecule has 1 saturated heterocycles.